The summed E-state index contributed by atoms with van der Waals surface area (Å²) in [6, 6.07) is 7.66. The van der Waals surface area contributed by atoms with E-state index in [4.69, 9.17) is 5.73 Å². The van der Waals surface area contributed by atoms with E-state index < -0.39 is 0 Å². The smallest absolute Gasteiger partial charge is 0.213 e. The Bertz CT molecular complexity index is 279. The minimum Gasteiger partial charge on any atom is -0.324 e. The van der Waals surface area contributed by atoms with Crippen LogP contribution in [0.3, 0.4) is 0 Å². The molecule has 0 fully saturated rings. The van der Waals surface area contributed by atoms with Crippen LogP contribution in [0.1, 0.15) is 18.5 Å². The van der Waals surface area contributed by atoms with Crippen LogP contribution in [-0.4, -0.2) is 13.5 Å². The van der Waals surface area contributed by atoms with Crippen molar-refractivity contribution in [3.8, 4) is 0 Å². The third-order valence-corrected chi connectivity index (χ3v) is 1.98. The number of nitrogens with two attached hydrogens (primary N) is 1. The van der Waals surface area contributed by atoms with E-state index in [9.17, 15) is 4.79 Å². The van der Waals surface area contributed by atoms with Crippen molar-refractivity contribution in [2.75, 3.05) is 11.9 Å². The molecule has 0 aromatic heterocycles. The molecular formula is C10H14N2O. The SMILES string of the molecule is C[C@@H](N)c1ccc(N(C)C=O)cc1. The topological polar surface area (TPSA) is 46.3 Å². The van der Waals surface area contributed by atoms with E-state index in [-0.39, 0.29) is 6.04 Å². The number of amides is 1. The van der Waals surface area contributed by atoms with E-state index >= 15 is 0 Å². The number of carbonyl (C=O) groups excluding carboxylic acids is 1. The molecule has 0 aliphatic heterocycles. The van der Waals surface area contributed by atoms with Gasteiger partial charge >= 0.3 is 0 Å². The Balaban J connectivity index is 2.87. The van der Waals surface area contributed by atoms with Gasteiger partial charge < -0.3 is 10.6 Å². The maximum absolute atomic E-state index is 10.4. The number of anilines is 1. The van der Waals surface area contributed by atoms with Gasteiger partial charge in [0.05, 0.1) is 0 Å². The minimum absolute atomic E-state index is 0.0376. The highest BCUT2D eigenvalue weighted by Gasteiger charge is 2.00. The summed E-state index contributed by atoms with van der Waals surface area (Å²) in [7, 11) is 1.72. The largest absolute Gasteiger partial charge is 0.324 e. The van der Waals surface area contributed by atoms with Crippen LogP contribution >= 0.6 is 0 Å². The first kappa shape index (κ1) is 9.74. The maximum Gasteiger partial charge on any atom is 0.213 e. The van der Waals surface area contributed by atoms with Crippen molar-refractivity contribution >= 4 is 12.1 Å². The Kier molecular flexibility index (Phi) is 3.03. The molecule has 0 aliphatic carbocycles. The average Bonchev–Trinajstić information content (AvgIpc) is 2.17. The van der Waals surface area contributed by atoms with Crippen LogP contribution in [0.25, 0.3) is 0 Å². The van der Waals surface area contributed by atoms with Crippen molar-refractivity contribution in [2.45, 2.75) is 13.0 Å². The first-order valence-electron chi connectivity index (χ1n) is 4.19. The van der Waals surface area contributed by atoms with Crippen molar-refractivity contribution in [1.29, 1.82) is 0 Å². The zero-order valence-electron chi connectivity index (χ0n) is 7.90. The van der Waals surface area contributed by atoms with E-state index in [1.807, 2.05) is 31.2 Å². The summed E-state index contributed by atoms with van der Waals surface area (Å²) in [5.41, 5.74) is 7.64. The molecule has 0 unspecified atom stereocenters. The predicted octanol–water partition coefficient (Wildman–Crippen LogP) is 1.30. The number of rotatable bonds is 3. The molecule has 0 bridgehead atoms. The molecule has 0 radical (unpaired) electrons. The summed E-state index contributed by atoms with van der Waals surface area (Å²) < 4.78 is 0. The second kappa shape index (κ2) is 4.05. The molecule has 0 saturated heterocycles. The Morgan fingerprint density at radius 2 is 1.92 bits per heavy atom. The highest BCUT2D eigenvalue weighted by atomic mass is 16.1. The molecule has 1 atom stereocenters. The van der Waals surface area contributed by atoms with Crippen LogP contribution in [0.4, 0.5) is 5.69 Å². The van der Waals surface area contributed by atoms with Gasteiger partial charge in [0.15, 0.2) is 0 Å². The Labute approximate surface area is 78.2 Å². The summed E-state index contributed by atoms with van der Waals surface area (Å²) in [4.78, 5) is 11.9. The third kappa shape index (κ3) is 2.29. The molecule has 0 spiro atoms. The van der Waals surface area contributed by atoms with Crippen LogP contribution in [-0.2, 0) is 4.79 Å². The number of hydrogen-bond donors (Lipinski definition) is 1. The highest BCUT2D eigenvalue weighted by molar-refractivity contribution is 5.74. The van der Waals surface area contributed by atoms with Crippen LogP contribution in [0, 0.1) is 0 Å². The van der Waals surface area contributed by atoms with Crippen LogP contribution in [0.15, 0.2) is 24.3 Å². The van der Waals surface area contributed by atoms with E-state index in [0.717, 1.165) is 17.7 Å². The second-order valence-corrected chi connectivity index (χ2v) is 3.10. The van der Waals surface area contributed by atoms with Gasteiger partial charge in [0.25, 0.3) is 0 Å². The Hall–Kier alpha value is -1.35. The van der Waals surface area contributed by atoms with Crippen molar-refractivity contribution in [3.05, 3.63) is 29.8 Å². The van der Waals surface area contributed by atoms with Gasteiger partial charge in [0, 0.05) is 18.8 Å². The monoisotopic (exact) mass is 178 g/mol. The number of carbonyl (C=O) groups is 1. The molecule has 3 nitrogen and oxygen atoms in total. The van der Waals surface area contributed by atoms with Crippen molar-refractivity contribution in [1.82, 2.24) is 0 Å². The molecule has 2 N–H and O–H groups in total. The molecule has 0 saturated carbocycles. The summed E-state index contributed by atoms with van der Waals surface area (Å²) in [5.74, 6) is 0. The summed E-state index contributed by atoms with van der Waals surface area (Å²) in [6.07, 6.45) is 0.779. The van der Waals surface area contributed by atoms with Crippen LogP contribution in [0.5, 0.6) is 0 Å². The van der Waals surface area contributed by atoms with Crippen molar-refractivity contribution in [2.24, 2.45) is 5.73 Å². The molecule has 13 heavy (non-hydrogen) atoms. The van der Waals surface area contributed by atoms with Gasteiger partial charge in [0.2, 0.25) is 6.41 Å². The number of nitrogens with zero attached hydrogens (tertiary/aromatic N) is 1. The third-order valence-electron chi connectivity index (χ3n) is 1.98. The minimum atomic E-state index is 0.0376. The lowest BCUT2D eigenvalue weighted by atomic mass is 10.1. The number of hydrogen-bond acceptors (Lipinski definition) is 2. The van der Waals surface area contributed by atoms with Crippen molar-refractivity contribution < 1.29 is 4.79 Å². The van der Waals surface area contributed by atoms with E-state index in [1.165, 1.54) is 4.90 Å². The Morgan fingerprint density at radius 1 is 1.38 bits per heavy atom. The normalized spacial score (nSPS) is 12.2. The molecule has 0 aliphatic rings. The summed E-state index contributed by atoms with van der Waals surface area (Å²) >= 11 is 0. The quantitative estimate of drug-likeness (QED) is 0.709. The molecular weight excluding hydrogens is 164 g/mol. The highest BCUT2D eigenvalue weighted by Crippen LogP contribution is 2.15. The van der Waals surface area contributed by atoms with Crippen LogP contribution < -0.4 is 10.6 Å². The zero-order valence-corrected chi connectivity index (χ0v) is 7.90. The first-order valence-corrected chi connectivity index (χ1v) is 4.19. The van der Waals surface area contributed by atoms with Gasteiger partial charge in [0.1, 0.15) is 0 Å². The van der Waals surface area contributed by atoms with Crippen molar-refractivity contribution in [3.63, 3.8) is 0 Å². The fraction of sp³-hybridized carbons (Fsp3) is 0.300. The first-order chi connectivity index (χ1) is 6.15. The fourth-order valence-electron chi connectivity index (χ4n) is 1.07. The van der Waals surface area contributed by atoms with Gasteiger partial charge in [-0.05, 0) is 24.6 Å². The van der Waals surface area contributed by atoms with Gasteiger partial charge in [-0.1, -0.05) is 12.1 Å². The van der Waals surface area contributed by atoms with E-state index in [1.54, 1.807) is 7.05 Å². The molecule has 1 amide bonds. The lowest BCUT2D eigenvalue weighted by molar-refractivity contribution is -0.107. The molecule has 70 valence electrons. The molecule has 3 heteroatoms. The maximum atomic E-state index is 10.4. The van der Waals surface area contributed by atoms with Gasteiger partial charge in [-0.15, -0.1) is 0 Å². The van der Waals surface area contributed by atoms with E-state index in [0.29, 0.717) is 0 Å². The van der Waals surface area contributed by atoms with E-state index in [2.05, 4.69) is 0 Å². The number of benzene rings is 1. The summed E-state index contributed by atoms with van der Waals surface area (Å²) in [5, 5.41) is 0. The van der Waals surface area contributed by atoms with Gasteiger partial charge in [-0.3, -0.25) is 4.79 Å². The fourth-order valence-corrected chi connectivity index (χ4v) is 1.07. The standard InChI is InChI=1S/C10H14N2O/c1-8(11)9-3-5-10(6-4-9)12(2)7-13/h3-8H,11H2,1-2H3/t8-/m1/s1. The zero-order chi connectivity index (χ0) is 9.84. The van der Waals surface area contributed by atoms with Gasteiger partial charge in [-0.25, -0.2) is 0 Å². The predicted molar refractivity (Wildman–Crippen MR) is 53.5 cm³/mol. The molecule has 1 aromatic rings. The van der Waals surface area contributed by atoms with Gasteiger partial charge in [-0.2, -0.15) is 0 Å². The molecule has 0 heterocycles. The lowest BCUT2D eigenvalue weighted by Crippen LogP contribution is -2.13. The van der Waals surface area contributed by atoms with Crippen LogP contribution in [0.2, 0.25) is 0 Å². The molecule has 1 rings (SSSR count). The summed E-state index contributed by atoms with van der Waals surface area (Å²) in [6.45, 7) is 1.93. The average molecular weight is 178 g/mol. The molecule has 1 aromatic carbocycles. The lowest BCUT2D eigenvalue weighted by Gasteiger charge is -2.12. The second-order valence-electron chi connectivity index (χ2n) is 3.10. The Morgan fingerprint density at radius 3 is 2.31 bits per heavy atom.